The van der Waals surface area contributed by atoms with Crippen LogP contribution in [0, 0.1) is 0 Å². The van der Waals surface area contributed by atoms with Gasteiger partial charge in [0.1, 0.15) is 10.8 Å². The first-order chi connectivity index (χ1) is 13.4. The second-order valence-electron chi connectivity index (χ2n) is 6.45. The molecule has 0 radical (unpaired) electrons. The highest BCUT2D eigenvalue weighted by Crippen LogP contribution is 2.32. The van der Waals surface area contributed by atoms with E-state index in [1.807, 2.05) is 4.90 Å². The van der Waals surface area contributed by atoms with Crippen molar-refractivity contribution in [3.63, 3.8) is 0 Å². The highest BCUT2D eigenvalue weighted by Gasteiger charge is 2.33. The van der Waals surface area contributed by atoms with E-state index in [1.54, 1.807) is 12.1 Å². The van der Waals surface area contributed by atoms with E-state index in [2.05, 4.69) is 15.3 Å². The summed E-state index contributed by atoms with van der Waals surface area (Å²) in [5, 5.41) is 8.57. The third kappa shape index (κ3) is 4.93. The van der Waals surface area contributed by atoms with Gasteiger partial charge in [0, 0.05) is 31.2 Å². The Morgan fingerprint density at radius 3 is 2.50 bits per heavy atom. The summed E-state index contributed by atoms with van der Waals surface area (Å²) in [5.74, 6) is -0.383. The lowest BCUT2D eigenvalue weighted by atomic mass is 10.1. The molecule has 2 aromatic rings. The summed E-state index contributed by atoms with van der Waals surface area (Å²) in [6.07, 6.45) is 1.58. The fourth-order valence-electron chi connectivity index (χ4n) is 3.06. The molecule has 10 heteroatoms. The number of nitrogens with two attached hydrogens (primary N) is 1. The number of carbonyl (C=O) groups excluding carboxylic acids is 1. The van der Waals surface area contributed by atoms with E-state index in [-0.39, 0.29) is 11.4 Å². The molecule has 1 saturated heterocycles. The lowest BCUT2D eigenvalue weighted by Crippen LogP contribution is -2.28. The zero-order valence-corrected chi connectivity index (χ0v) is 15.8. The minimum Gasteiger partial charge on any atom is -0.356 e. The molecule has 1 fully saturated rings. The average molecular weight is 411 g/mol. The Morgan fingerprint density at radius 2 is 1.86 bits per heavy atom. The number of anilines is 2. The monoisotopic (exact) mass is 411 g/mol. The number of amides is 1. The van der Waals surface area contributed by atoms with Gasteiger partial charge in [-0.1, -0.05) is 12.8 Å². The van der Waals surface area contributed by atoms with Gasteiger partial charge in [-0.05, 0) is 43.0 Å². The van der Waals surface area contributed by atoms with Gasteiger partial charge in [0.05, 0.1) is 11.1 Å². The molecule has 0 aliphatic carbocycles. The fraction of sp³-hybridized carbons (Fsp3) is 0.389. The van der Waals surface area contributed by atoms with Crippen LogP contribution in [0.1, 0.15) is 41.6 Å². The van der Waals surface area contributed by atoms with Crippen LogP contribution in [0.3, 0.4) is 0 Å². The minimum absolute atomic E-state index is 0.101. The molecule has 6 nitrogen and oxygen atoms in total. The van der Waals surface area contributed by atoms with Crippen molar-refractivity contribution in [2.24, 2.45) is 5.14 Å². The number of nitrogens with one attached hydrogen (secondary N) is 1. The highest BCUT2D eigenvalue weighted by molar-refractivity contribution is 7.97. The van der Waals surface area contributed by atoms with Crippen LogP contribution in [0.5, 0.6) is 0 Å². The number of rotatable bonds is 4. The Labute approximate surface area is 164 Å². The number of carbonyl (C=O) groups is 1. The molecule has 0 aromatic carbocycles. The largest absolute Gasteiger partial charge is 0.417 e. The van der Waals surface area contributed by atoms with Gasteiger partial charge in [-0.3, -0.25) is 9.93 Å². The molecule has 0 atom stereocenters. The predicted molar refractivity (Wildman–Crippen MR) is 102 cm³/mol. The van der Waals surface area contributed by atoms with Gasteiger partial charge in [-0.2, -0.15) is 13.2 Å². The van der Waals surface area contributed by atoms with Crippen LogP contribution in [-0.4, -0.2) is 29.0 Å². The Kier molecular flexibility index (Phi) is 6.40. The topological polar surface area (TPSA) is 84.1 Å². The number of hydrogen-bond acceptors (Lipinski definition) is 6. The summed E-state index contributed by atoms with van der Waals surface area (Å²) < 4.78 is 39.6. The third-order valence-electron chi connectivity index (χ3n) is 4.46. The van der Waals surface area contributed by atoms with Crippen molar-refractivity contribution in [3.05, 3.63) is 41.7 Å². The van der Waals surface area contributed by atoms with Gasteiger partial charge >= 0.3 is 6.18 Å². The minimum atomic E-state index is -4.58. The summed E-state index contributed by atoms with van der Waals surface area (Å²) in [7, 11) is 0. The molecule has 150 valence electrons. The molecule has 0 saturated carbocycles. The standard InChI is InChI=1S/C18H20F3N5OS/c19-18(20,21)12-9-14(16(24-11-12)26-7-3-1-2-4-8-26)17(27)25-13-5-6-23-15(10-13)28-22/h5-6,9-11H,1-4,7-8,22H2,(H,23,25,27). The quantitative estimate of drug-likeness (QED) is 0.737. The molecule has 0 spiro atoms. The van der Waals surface area contributed by atoms with Crippen molar-refractivity contribution >= 4 is 29.4 Å². The highest BCUT2D eigenvalue weighted by atomic mass is 32.2. The maximum Gasteiger partial charge on any atom is 0.417 e. The van der Waals surface area contributed by atoms with Crippen molar-refractivity contribution in [2.45, 2.75) is 36.9 Å². The van der Waals surface area contributed by atoms with Crippen LogP contribution >= 0.6 is 11.9 Å². The molecule has 3 heterocycles. The summed E-state index contributed by atoms with van der Waals surface area (Å²) in [4.78, 5) is 22.7. The van der Waals surface area contributed by atoms with Gasteiger partial charge in [0.25, 0.3) is 5.91 Å². The number of halogens is 3. The SMILES string of the molecule is NSc1cc(NC(=O)c2cc(C(F)(F)F)cnc2N2CCCCCC2)ccn1. The first-order valence-electron chi connectivity index (χ1n) is 8.85. The van der Waals surface area contributed by atoms with Crippen molar-refractivity contribution in [1.29, 1.82) is 0 Å². The number of alkyl halides is 3. The lowest BCUT2D eigenvalue weighted by molar-refractivity contribution is -0.137. The maximum atomic E-state index is 13.2. The molecular weight excluding hydrogens is 391 g/mol. The summed E-state index contributed by atoms with van der Waals surface area (Å²) in [6, 6.07) is 3.96. The van der Waals surface area contributed by atoms with Crippen molar-refractivity contribution in [2.75, 3.05) is 23.3 Å². The number of nitrogens with zero attached hydrogens (tertiary/aromatic N) is 3. The molecule has 28 heavy (non-hydrogen) atoms. The molecule has 1 aliphatic heterocycles. The zero-order chi connectivity index (χ0) is 20.1. The van der Waals surface area contributed by atoms with Crippen molar-refractivity contribution < 1.29 is 18.0 Å². The summed E-state index contributed by atoms with van der Waals surface area (Å²) in [6.45, 7) is 1.31. The van der Waals surface area contributed by atoms with E-state index in [4.69, 9.17) is 5.14 Å². The van der Waals surface area contributed by atoms with Crippen molar-refractivity contribution in [3.8, 4) is 0 Å². The predicted octanol–water partition coefficient (Wildman–Crippen LogP) is 4.09. The van der Waals surface area contributed by atoms with E-state index in [0.29, 0.717) is 23.8 Å². The Bertz CT molecular complexity index is 838. The van der Waals surface area contributed by atoms with Crippen LogP contribution in [-0.2, 0) is 6.18 Å². The first kappa shape index (κ1) is 20.4. The molecular formula is C18H20F3N5OS. The average Bonchev–Trinajstić information content (AvgIpc) is 2.96. The van der Waals surface area contributed by atoms with E-state index in [1.165, 1.54) is 6.20 Å². The number of pyridine rings is 2. The summed E-state index contributed by atoms with van der Waals surface area (Å²) >= 11 is 0.908. The molecule has 2 aromatic heterocycles. The van der Waals surface area contributed by atoms with Crippen LogP contribution in [0.15, 0.2) is 35.6 Å². The molecule has 0 bridgehead atoms. The summed E-state index contributed by atoms with van der Waals surface area (Å²) in [5.41, 5.74) is -0.660. The van der Waals surface area contributed by atoms with Crippen LogP contribution in [0.4, 0.5) is 24.7 Å². The van der Waals surface area contributed by atoms with Gasteiger partial charge in [0.15, 0.2) is 0 Å². The second-order valence-corrected chi connectivity index (χ2v) is 7.10. The molecule has 1 aliphatic rings. The van der Waals surface area contributed by atoms with Gasteiger partial charge in [-0.25, -0.2) is 9.97 Å². The van der Waals surface area contributed by atoms with Gasteiger partial charge in [-0.15, -0.1) is 0 Å². The normalized spacial score (nSPS) is 15.2. The van der Waals surface area contributed by atoms with E-state index < -0.39 is 17.6 Å². The first-order valence-corrected chi connectivity index (χ1v) is 9.73. The van der Waals surface area contributed by atoms with Crippen molar-refractivity contribution in [1.82, 2.24) is 9.97 Å². The fourth-order valence-corrected chi connectivity index (χ4v) is 3.38. The van der Waals surface area contributed by atoms with Crippen LogP contribution in [0.25, 0.3) is 0 Å². The van der Waals surface area contributed by atoms with Crippen LogP contribution in [0.2, 0.25) is 0 Å². The maximum absolute atomic E-state index is 13.2. The van der Waals surface area contributed by atoms with Gasteiger partial charge in [0.2, 0.25) is 0 Å². The van der Waals surface area contributed by atoms with E-state index >= 15 is 0 Å². The molecule has 3 N–H and O–H groups in total. The smallest absolute Gasteiger partial charge is 0.356 e. The number of aromatic nitrogens is 2. The lowest BCUT2D eigenvalue weighted by Gasteiger charge is -2.24. The zero-order valence-electron chi connectivity index (χ0n) is 15.0. The molecule has 3 rings (SSSR count). The van der Waals surface area contributed by atoms with Crippen LogP contribution < -0.4 is 15.4 Å². The second kappa shape index (κ2) is 8.78. The van der Waals surface area contributed by atoms with E-state index in [0.717, 1.165) is 49.9 Å². The van der Waals surface area contributed by atoms with E-state index in [9.17, 15) is 18.0 Å². The third-order valence-corrected chi connectivity index (χ3v) is 4.92. The van der Waals surface area contributed by atoms with Gasteiger partial charge < -0.3 is 10.2 Å². The Balaban J connectivity index is 1.95. The Hall–Kier alpha value is -2.33. The molecule has 0 unspecified atom stereocenters. The Morgan fingerprint density at radius 1 is 1.14 bits per heavy atom. The molecule has 1 amide bonds. The number of hydrogen-bond donors (Lipinski definition) is 2.